The van der Waals surface area contributed by atoms with Crippen LogP contribution in [0.1, 0.15) is 36.1 Å². The molecule has 0 bridgehead atoms. The third-order valence-corrected chi connectivity index (χ3v) is 8.81. The summed E-state index contributed by atoms with van der Waals surface area (Å²) in [5, 5.41) is 2.48. The fraction of sp³-hybridized carbons (Fsp3) is 0.0667. The smallest absolute Gasteiger partial charge is 0.0754 e. The molecular weight excluding hydrogens is 583 g/mol. The Balaban J connectivity index is 1.28. The number of hydrogen-bond acceptors (Lipinski definition) is 3. The lowest BCUT2D eigenvalue weighted by molar-refractivity contribution is 0.702. The van der Waals surface area contributed by atoms with Crippen LogP contribution in [-0.4, -0.2) is 10.7 Å². The van der Waals surface area contributed by atoms with Crippen molar-refractivity contribution in [2.24, 2.45) is 10.7 Å². The van der Waals surface area contributed by atoms with Crippen molar-refractivity contribution in [1.29, 1.82) is 0 Å². The van der Waals surface area contributed by atoms with Gasteiger partial charge in [0, 0.05) is 23.7 Å². The molecule has 48 heavy (non-hydrogen) atoms. The second kappa shape index (κ2) is 14.1. The van der Waals surface area contributed by atoms with E-state index in [0.717, 1.165) is 45.5 Å². The normalized spacial score (nSPS) is 12.6. The molecule has 0 aliphatic heterocycles. The summed E-state index contributed by atoms with van der Waals surface area (Å²) in [6.07, 6.45) is 6.53. The summed E-state index contributed by atoms with van der Waals surface area (Å²) in [6.45, 7) is 2.19. The highest BCUT2D eigenvalue weighted by molar-refractivity contribution is 6.12. The second-order valence-corrected chi connectivity index (χ2v) is 12.0. The Morgan fingerprint density at radius 1 is 0.583 bits per heavy atom. The zero-order valence-corrected chi connectivity index (χ0v) is 27.0. The molecule has 7 aromatic rings. The number of nitrogens with two attached hydrogens (primary N) is 1. The molecule has 6 aromatic carbocycles. The van der Waals surface area contributed by atoms with Crippen LogP contribution >= 0.6 is 0 Å². The number of hydrogen-bond donors (Lipinski definition) is 1. The van der Waals surface area contributed by atoms with Gasteiger partial charge in [0.05, 0.1) is 11.8 Å². The van der Waals surface area contributed by atoms with E-state index >= 15 is 0 Å². The minimum atomic E-state index is -0.0576. The van der Waals surface area contributed by atoms with Crippen LogP contribution in [0, 0.1) is 0 Å². The number of allylic oxidation sites excluding steroid dienone is 1. The predicted octanol–water partition coefficient (Wildman–Crippen LogP) is 11.2. The van der Waals surface area contributed by atoms with Crippen LogP contribution in [0.15, 0.2) is 181 Å². The van der Waals surface area contributed by atoms with Crippen LogP contribution < -0.4 is 5.73 Å². The molecule has 0 saturated carbocycles. The minimum absolute atomic E-state index is 0.0576. The predicted molar refractivity (Wildman–Crippen MR) is 203 cm³/mol. The molecular formula is C45H37N3. The van der Waals surface area contributed by atoms with Gasteiger partial charge in [-0.2, -0.15) is 0 Å². The SMILES string of the molecule is CCC(/N=C(\C=C(/N)c1ccc(-c2cccnc2)cc1)c1cccc(-c2ccccc2)c1)c1cccc(-c2ccc3ccccc3c2)c1. The molecule has 1 heterocycles. The van der Waals surface area contributed by atoms with Crippen LogP contribution in [0.25, 0.3) is 49.9 Å². The minimum Gasteiger partial charge on any atom is -0.398 e. The maximum atomic E-state index is 6.84. The van der Waals surface area contributed by atoms with Crippen molar-refractivity contribution in [1.82, 2.24) is 4.98 Å². The van der Waals surface area contributed by atoms with Crippen molar-refractivity contribution in [3.63, 3.8) is 0 Å². The number of nitrogens with zero attached hydrogens (tertiary/aromatic N) is 2. The molecule has 0 radical (unpaired) electrons. The second-order valence-electron chi connectivity index (χ2n) is 12.0. The van der Waals surface area contributed by atoms with Crippen molar-refractivity contribution >= 4 is 22.2 Å². The Kier molecular flexibility index (Phi) is 9.02. The largest absolute Gasteiger partial charge is 0.398 e. The van der Waals surface area contributed by atoms with Crippen LogP contribution in [0.3, 0.4) is 0 Å². The summed E-state index contributed by atoms with van der Waals surface area (Å²) in [5.41, 5.74) is 18.4. The van der Waals surface area contributed by atoms with Gasteiger partial charge in [0.25, 0.3) is 0 Å². The molecule has 232 valence electrons. The standard InChI is InChI=1S/C45H37N3/c1-2-44(40-17-9-16-38(29-40)39-25-22-33-13-6-7-14-36(33)27-39)48-45(41-18-8-15-37(28-41)32-11-4-3-5-12-32)30-43(46)35-23-20-34(21-24-35)42-19-10-26-47-31-42/h3-31,44H,2,46H2,1H3/b43-30-,48-45+. The Hall–Kier alpha value is -6.06. The van der Waals surface area contributed by atoms with Crippen molar-refractivity contribution in [3.8, 4) is 33.4 Å². The first-order valence-corrected chi connectivity index (χ1v) is 16.5. The van der Waals surface area contributed by atoms with Gasteiger partial charge in [-0.3, -0.25) is 9.98 Å². The van der Waals surface area contributed by atoms with Gasteiger partial charge in [-0.1, -0.05) is 140 Å². The summed E-state index contributed by atoms with van der Waals surface area (Å²) >= 11 is 0. The topological polar surface area (TPSA) is 51.3 Å². The van der Waals surface area contributed by atoms with Crippen LogP contribution in [-0.2, 0) is 0 Å². The number of aliphatic imine (C=N–C) groups is 1. The first kappa shape index (κ1) is 30.6. The van der Waals surface area contributed by atoms with Crippen molar-refractivity contribution in [2.45, 2.75) is 19.4 Å². The zero-order chi connectivity index (χ0) is 32.7. The Morgan fingerprint density at radius 3 is 2.00 bits per heavy atom. The molecule has 0 saturated heterocycles. The van der Waals surface area contributed by atoms with E-state index in [1.807, 2.05) is 24.4 Å². The van der Waals surface area contributed by atoms with Gasteiger partial charge in [-0.05, 0) is 92.0 Å². The molecule has 1 unspecified atom stereocenters. The number of rotatable bonds is 9. The first-order chi connectivity index (χ1) is 23.6. The monoisotopic (exact) mass is 619 g/mol. The lowest BCUT2D eigenvalue weighted by atomic mass is 9.96. The van der Waals surface area contributed by atoms with Gasteiger partial charge in [0.2, 0.25) is 0 Å². The van der Waals surface area contributed by atoms with Crippen LogP contribution in [0.2, 0.25) is 0 Å². The van der Waals surface area contributed by atoms with Crippen molar-refractivity contribution < 1.29 is 0 Å². The summed E-state index contributed by atoms with van der Waals surface area (Å²) in [7, 11) is 0. The highest BCUT2D eigenvalue weighted by Gasteiger charge is 2.14. The molecule has 0 amide bonds. The zero-order valence-electron chi connectivity index (χ0n) is 27.0. The molecule has 1 aromatic heterocycles. The summed E-state index contributed by atoms with van der Waals surface area (Å²) in [4.78, 5) is 9.70. The van der Waals surface area contributed by atoms with Crippen LogP contribution in [0.4, 0.5) is 0 Å². The number of benzene rings is 6. The maximum absolute atomic E-state index is 6.84. The van der Waals surface area contributed by atoms with E-state index in [9.17, 15) is 0 Å². The van der Waals surface area contributed by atoms with E-state index < -0.39 is 0 Å². The van der Waals surface area contributed by atoms with E-state index in [1.54, 1.807) is 6.20 Å². The fourth-order valence-electron chi connectivity index (χ4n) is 6.17. The van der Waals surface area contributed by atoms with Gasteiger partial charge in [0.1, 0.15) is 0 Å². The van der Waals surface area contributed by atoms with Gasteiger partial charge in [0.15, 0.2) is 0 Å². The van der Waals surface area contributed by atoms with Crippen molar-refractivity contribution in [3.05, 3.63) is 193 Å². The van der Waals surface area contributed by atoms with Gasteiger partial charge < -0.3 is 5.73 Å². The molecule has 7 rings (SSSR count). The highest BCUT2D eigenvalue weighted by Crippen LogP contribution is 2.31. The highest BCUT2D eigenvalue weighted by atomic mass is 14.8. The summed E-state index contributed by atoms with van der Waals surface area (Å²) < 4.78 is 0. The first-order valence-electron chi connectivity index (χ1n) is 16.5. The average molecular weight is 620 g/mol. The van der Waals surface area contributed by atoms with Gasteiger partial charge >= 0.3 is 0 Å². The molecule has 3 nitrogen and oxygen atoms in total. The molecule has 0 spiro atoms. The van der Waals surface area contributed by atoms with E-state index in [0.29, 0.717) is 5.70 Å². The van der Waals surface area contributed by atoms with E-state index in [4.69, 9.17) is 10.7 Å². The number of fused-ring (bicyclic) bond motifs is 1. The van der Waals surface area contributed by atoms with E-state index in [2.05, 4.69) is 158 Å². The Morgan fingerprint density at radius 2 is 1.23 bits per heavy atom. The molecule has 3 heteroatoms. The van der Waals surface area contributed by atoms with E-state index in [-0.39, 0.29) is 6.04 Å². The molecule has 0 aliphatic carbocycles. The molecule has 1 atom stereocenters. The lowest BCUT2D eigenvalue weighted by Gasteiger charge is -2.16. The number of pyridine rings is 1. The molecule has 0 aliphatic rings. The number of aromatic nitrogens is 1. The fourth-order valence-corrected chi connectivity index (χ4v) is 6.17. The maximum Gasteiger partial charge on any atom is 0.0754 e. The van der Waals surface area contributed by atoms with Crippen LogP contribution in [0.5, 0.6) is 0 Å². The quantitative estimate of drug-likeness (QED) is 0.163. The lowest BCUT2D eigenvalue weighted by Crippen LogP contribution is -2.07. The molecule has 0 fully saturated rings. The Labute approximate surface area is 282 Å². The van der Waals surface area contributed by atoms with Gasteiger partial charge in [-0.15, -0.1) is 0 Å². The summed E-state index contributed by atoms with van der Waals surface area (Å²) in [6, 6.07) is 55.2. The van der Waals surface area contributed by atoms with Gasteiger partial charge in [-0.25, -0.2) is 0 Å². The van der Waals surface area contributed by atoms with E-state index in [1.165, 1.54) is 27.5 Å². The average Bonchev–Trinajstić information content (AvgIpc) is 3.17. The third kappa shape index (κ3) is 6.86. The molecule has 2 N–H and O–H groups in total. The Bertz CT molecular complexity index is 2220. The van der Waals surface area contributed by atoms with Crippen molar-refractivity contribution in [2.75, 3.05) is 0 Å². The summed E-state index contributed by atoms with van der Waals surface area (Å²) in [5.74, 6) is 0. The third-order valence-electron chi connectivity index (χ3n) is 8.81.